The highest BCUT2D eigenvalue weighted by atomic mass is 16.6. The third-order valence-corrected chi connectivity index (χ3v) is 6.31. The summed E-state index contributed by atoms with van der Waals surface area (Å²) in [6.07, 6.45) is -0.0614. The van der Waals surface area contributed by atoms with Crippen molar-refractivity contribution in [1.82, 2.24) is 5.32 Å². The largest absolute Gasteiger partial charge is 0.444 e. The molecule has 216 valence electrons. The van der Waals surface area contributed by atoms with Crippen molar-refractivity contribution in [2.75, 3.05) is 10.2 Å². The summed E-state index contributed by atoms with van der Waals surface area (Å²) in [5.74, 6) is -0.0771. The molecule has 0 bridgehead atoms. The molecule has 2 atom stereocenters. The van der Waals surface area contributed by atoms with Gasteiger partial charge in [0.2, 0.25) is 0 Å². The number of nitrogens with zero attached hydrogens (tertiary/aromatic N) is 1. The molecule has 0 aromatic heterocycles. The Morgan fingerprint density at radius 3 is 2.12 bits per heavy atom. The minimum atomic E-state index is -0.667. The zero-order valence-electron chi connectivity index (χ0n) is 24.6. The third-order valence-electron chi connectivity index (χ3n) is 6.31. The van der Waals surface area contributed by atoms with Crippen LogP contribution in [0.5, 0.6) is 0 Å². The molecular formula is C33H39N3O5. The van der Waals surface area contributed by atoms with Crippen molar-refractivity contribution in [2.45, 2.75) is 77.7 Å². The van der Waals surface area contributed by atoms with Gasteiger partial charge in [-0.1, -0.05) is 48.5 Å². The van der Waals surface area contributed by atoms with Crippen molar-refractivity contribution in [3.05, 3.63) is 95.6 Å². The van der Waals surface area contributed by atoms with Crippen LogP contribution in [-0.2, 0) is 16.0 Å². The fourth-order valence-corrected chi connectivity index (χ4v) is 4.36. The number of ether oxygens (including phenoxy) is 2. The number of amides is 3. The van der Waals surface area contributed by atoms with Crippen molar-refractivity contribution < 1.29 is 23.9 Å². The summed E-state index contributed by atoms with van der Waals surface area (Å²) in [5.41, 5.74) is 2.44. The van der Waals surface area contributed by atoms with Gasteiger partial charge in [0.1, 0.15) is 11.2 Å². The van der Waals surface area contributed by atoms with Gasteiger partial charge in [-0.05, 0) is 89.4 Å². The Bertz CT molecular complexity index is 1370. The summed E-state index contributed by atoms with van der Waals surface area (Å²) >= 11 is 0. The van der Waals surface area contributed by atoms with Gasteiger partial charge in [0.25, 0.3) is 5.91 Å². The van der Waals surface area contributed by atoms with Crippen molar-refractivity contribution in [1.29, 1.82) is 0 Å². The summed E-state index contributed by atoms with van der Waals surface area (Å²) in [5, 5.41) is 5.84. The lowest BCUT2D eigenvalue weighted by Crippen LogP contribution is -2.36. The van der Waals surface area contributed by atoms with E-state index in [0.29, 0.717) is 23.5 Å². The van der Waals surface area contributed by atoms with Gasteiger partial charge in [-0.25, -0.2) is 9.59 Å². The van der Waals surface area contributed by atoms with E-state index < -0.39 is 23.4 Å². The van der Waals surface area contributed by atoms with Crippen LogP contribution in [0, 0.1) is 0 Å². The molecule has 0 spiro atoms. The first-order valence-electron chi connectivity index (χ1n) is 13.8. The van der Waals surface area contributed by atoms with Crippen LogP contribution in [0.1, 0.15) is 75.4 Å². The number of alkyl carbamates (subject to hydrolysis) is 1. The monoisotopic (exact) mass is 557 g/mol. The molecule has 2 N–H and O–H groups in total. The average molecular weight is 558 g/mol. The molecule has 0 saturated heterocycles. The van der Waals surface area contributed by atoms with Crippen LogP contribution in [0.15, 0.2) is 78.9 Å². The first kappa shape index (κ1) is 29.6. The van der Waals surface area contributed by atoms with Crippen LogP contribution in [0.25, 0.3) is 0 Å². The smallest absolute Gasteiger partial charge is 0.415 e. The number of rotatable bonds is 7. The molecule has 1 fully saturated rings. The molecular weight excluding hydrogens is 518 g/mol. The summed E-state index contributed by atoms with van der Waals surface area (Å²) in [7, 11) is 0. The van der Waals surface area contributed by atoms with Gasteiger partial charge in [-0.3, -0.25) is 9.69 Å². The normalized spacial score (nSPS) is 16.3. The first-order valence-corrected chi connectivity index (χ1v) is 13.8. The molecule has 8 heteroatoms. The molecule has 41 heavy (non-hydrogen) atoms. The van der Waals surface area contributed by atoms with E-state index in [1.807, 2.05) is 96.1 Å². The average Bonchev–Trinajstić information content (AvgIpc) is 3.65. The molecule has 2 unspecified atom stereocenters. The van der Waals surface area contributed by atoms with Gasteiger partial charge in [0.05, 0.1) is 6.54 Å². The van der Waals surface area contributed by atoms with Crippen LogP contribution in [0.2, 0.25) is 0 Å². The number of anilines is 2. The predicted octanol–water partition coefficient (Wildman–Crippen LogP) is 7.26. The molecule has 0 heterocycles. The highest BCUT2D eigenvalue weighted by molar-refractivity contribution is 6.05. The third kappa shape index (κ3) is 8.83. The van der Waals surface area contributed by atoms with Crippen molar-refractivity contribution in [3.8, 4) is 0 Å². The highest BCUT2D eigenvalue weighted by Gasteiger charge is 2.40. The fraction of sp³-hybridized carbons (Fsp3) is 0.364. The van der Waals surface area contributed by atoms with E-state index in [0.717, 1.165) is 17.5 Å². The van der Waals surface area contributed by atoms with Gasteiger partial charge in [0, 0.05) is 28.9 Å². The SMILES string of the molecule is CC(C)(C)OC(=O)NC1CC1c1ccc(NC(=O)c2cccc(N(Cc3ccccc3)C(=O)OC(C)(C)C)c2)cc1. The van der Waals surface area contributed by atoms with E-state index in [2.05, 4.69) is 10.6 Å². The van der Waals surface area contributed by atoms with Gasteiger partial charge in [-0.15, -0.1) is 0 Å². The molecule has 0 radical (unpaired) electrons. The first-order chi connectivity index (χ1) is 19.3. The Labute approximate surface area is 242 Å². The summed E-state index contributed by atoms with van der Waals surface area (Å²) in [6, 6.07) is 24.2. The Kier molecular flexibility index (Phi) is 8.71. The summed E-state index contributed by atoms with van der Waals surface area (Å²) in [4.78, 5) is 39.9. The van der Waals surface area contributed by atoms with Crippen molar-refractivity contribution in [3.63, 3.8) is 0 Å². The molecule has 3 aromatic carbocycles. The number of carbonyl (C=O) groups is 3. The Balaban J connectivity index is 1.42. The fourth-order valence-electron chi connectivity index (χ4n) is 4.36. The molecule has 1 aliphatic carbocycles. The van der Waals surface area contributed by atoms with E-state index in [1.54, 1.807) is 24.3 Å². The standard InChI is InChI=1S/C33H39N3O5/c1-32(2,3)40-30(38)35-28-20-27(28)23-15-17-25(18-16-23)34-29(37)24-13-10-14-26(19-24)36(31(39)41-33(4,5)6)21-22-11-8-7-9-12-22/h7-19,27-28H,20-21H2,1-6H3,(H,34,37)(H,35,38). The number of nitrogens with one attached hydrogen (secondary N) is 2. The molecule has 1 aliphatic rings. The highest BCUT2D eigenvalue weighted by Crippen LogP contribution is 2.41. The second-order valence-electron chi connectivity index (χ2n) is 12.3. The minimum Gasteiger partial charge on any atom is -0.444 e. The maximum Gasteiger partial charge on any atom is 0.415 e. The van der Waals surface area contributed by atoms with E-state index in [1.165, 1.54) is 4.90 Å². The summed E-state index contributed by atoms with van der Waals surface area (Å²) in [6.45, 7) is 11.3. The molecule has 3 aromatic rings. The van der Waals surface area contributed by atoms with E-state index in [-0.39, 0.29) is 17.9 Å². The van der Waals surface area contributed by atoms with Crippen LogP contribution >= 0.6 is 0 Å². The van der Waals surface area contributed by atoms with Crippen LogP contribution in [-0.4, -0.2) is 35.3 Å². The predicted molar refractivity (Wildman–Crippen MR) is 160 cm³/mol. The molecule has 1 saturated carbocycles. The van der Waals surface area contributed by atoms with Gasteiger partial charge in [0.15, 0.2) is 0 Å². The topological polar surface area (TPSA) is 97.0 Å². The zero-order valence-corrected chi connectivity index (χ0v) is 24.6. The number of benzene rings is 3. The molecule has 3 amide bonds. The quantitative estimate of drug-likeness (QED) is 0.319. The molecule has 0 aliphatic heterocycles. The lowest BCUT2D eigenvalue weighted by atomic mass is 10.1. The van der Waals surface area contributed by atoms with E-state index in [4.69, 9.17) is 9.47 Å². The van der Waals surface area contributed by atoms with Crippen molar-refractivity contribution in [2.24, 2.45) is 0 Å². The Hall–Kier alpha value is -4.33. The molecule has 4 rings (SSSR count). The lowest BCUT2D eigenvalue weighted by molar-refractivity contribution is 0.0520. The van der Waals surface area contributed by atoms with Gasteiger partial charge >= 0.3 is 12.2 Å². The Morgan fingerprint density at radius 2 is 1.49 bits per heavy atom. The number of hydrogen-bond acceptors (Lipinski definition) is 5. The van der Waals surface area contributed by atoms with E-state index in [9.17, 15) is 14.4 Å². The summed E-state index contributed by atoms with van der Waals surface area (Å²) < 4.78 is 11.0. The second-order valence-corrected chi connectivity index (χ2v) is 12.3. The van der Waals surface area contributed by atoms with Crippen LogP contribution in [0.4, 0.5) is 21.0 Å². The maximum absolute atomic E-state index is 13.2. The molecule has 8 nitrogen and oxygen atoms in total. The Morgan fingerprint density at radius 1 is 0.829 bits per heavy atom. The van der Waals surface area contributed by atoms with Crippen LogP contribution < -0.4 is 15.5 Å². The van der Waals surface area contributed by atoms with Crippen LogP contribution in [0.3, 0.4) is 0 Å². The number of hydrogen-bond donors (Lipinski definition) is 2. The lowest BCUT2D eigenvalue weighted by Gasteiger charge is -2.28. The van der Waals surface area contributed by atoms with Gasteiger partial charge < -0.3 is 20.1 Å². The minimum absolute atomic E-state index is 0.0387. The maximum atomic E-state index is 13.2. The second kappa shape index (κ2) is 12.0. The van der Waals surface area contributed by atoms with Crippen molar-refractivity contribution >= 4 is 29.5 Å². The number of carbonyl (C=O) groups excluding carboxylic acids is 3. The van der Waals surface area contributed by atoms with Gasteiger partial charge in [-0.2, -0.15) is 0 Å². The zero-order chi connectivity index (χ0) is 29.8. The van der Waals surface area contributed by atoms with E-state index >= 15 is 0 Å².